The second kappa shape index (κ2) is 15.3. The van der Waals surface area contributed by atoms with E-state index in [4.69, 9.17) is 4.74 Å². The van der Waals surface area contributed by atoms with E-state index in [1.54, 1.807) is 18.5 Å². The lowest BCUT2D eigenvalue weighted by molar-refractivity contribution is 0.0514. The maximum atomic E-state index is 13.5. The molecule has 1 aromatic heterocycles. The van der Waals surface area contributed by atoms with Gasteiger partial charge in [-0.05, 0) is 51.3 Å². The predicted molar refractivity (Wildman–Crippen MR) is 146 cm³/mol. The van der Waals surface area contributed by atoms with Gasteiger partial charge in [0.05, 0.1) is 22.1 Å². The highest BCUT2D eigenvalue weighted by molar-refractivity contribution is 8.23. The Morgan fingerprint density at radius 1 is 1.26 bits per heavy atom. The normalized spacial score (nSPS) is 14.7. The molecule has 0 unspecified atom stereocenters. The van der Waals surface area contributed by atoms with Crippen molar-refractivity contribution in [2.24, 2.45) is 7.05 Å². The fourth-order valence-corrected chi connectivity index (χ4v) is 6.35. The van der Waals surface area contributed by atoms with Gasteiger partial charge in [0.2, 0.25) is 0 Å². The smallest absolute Gasteiger partial charge is 0.356 e. The van der Waals surface area contributed by atoms with E-state index in [0.717, 1.165) is 42.8 Å². The van der Waals surface area contributed by atoms with Crippen LogP contribution in [0.1, 0.15) is 96.0 Å². The van der Waals surface area contributed by atoms with Gasteiger partial charge in [-0.15, -0.1) is 0 Å². The predicted octanol–water partition coefficient (Wildman–Crippen LogP) is 7.07. The summed E-state index contributed by atoms with van der Waals surface area (Å²) in [6, 6.07) is 0.521. The van der Waals surface area contributed by atoms with Gasteiger partial charge in [-0.25, -0.2) is 14.6 Å². The van der Waals surface area contributed by atoms with Crippen LogP contribution in [0.25, 0.3) is 0 Å². The molecule has 0 aromatic carbocycles. The molecule has 1 aromatic rings. The number of hydrogen-bond acceptors (Lipinski definition) is 6. The van der Waals surface area contributed by atoms with Gasteiger partial charge in [0.25, 0.3) is 0 Å². The minimum atomic E-state index is -0.391. The van der Waals surface area contributed by atoms with E-state index in [1.165, 1.54) is 49.0 Å². The molecule has 1 N–H and O–H groups in total. The number of allylic oxidation sites excluding steroid dienone is 1. The quantitative estimate of drug-likeness (QED) is 0.221. The summed E-state index contributed by atoms with van der Waals surface area (Å²) in [7, 11) is 1.79. The Morgan fingerprint density at radius 2 is 1.91 bits per heavy atom. The van der Waals surface area contributed by atoms with Crippen LogP contribution < -0.4 is 5.32 Å². The van der Waals surface area contributed by atoms with Gasteiger partial charge < -0.3 is 19.5 Å². The van der Waals surface area contributed by atoms with Crippen LogP contribution in [0.3, 0.4) is 0 Å². The number of carbonyl (C=O) groups is 2. The Balaban J connectivity index is 2.07. The first-order valence-electron chi connectivity index (χ1n) is 12.8. The number of aromatic nitrogens is 2. The van der Waals surface area contributed by atoms with Crippen LogP contribution in [0.5, 0.6) is 0 Å². The first kappa shape index (κ1) is 29.4. The third kappa shape index (κ3) is 8.63. The molecule has 1 aliphatic rings. The largest absolute Gasteiger partial charge is 0.461 e. The zero-order chi connectivity index (χ0) is 25.8. The van der Waals surface area contributed by atoms with Crippen molar-refractivity contribution in [2.75, 3.05) is 6.61 Å². The topological polar surface area (TPSA) is 76.5 Å². The standard InChI is InChI=1S/C26H42N4O3S2/c1-7-14-20(15-8-2)30(21-16-12-11-13-17-21)25(32)28-19(5)34-23(9-3)35-26-27-18-22(29(26)6)24(31)33-10-4/h9,18,20-21H,5,7-8,10-17H2,1-4,6H3,(H,28,32)/b23-9+. The van der Waals surface area contributed by atoms with Crippen LogP contribution in [0.15, 0.2) is 33.3 Å². The molecule has 196 valence electrons. The van der Waals surface area contributed by atoms with Gasteiger partial charge in [0, 0.05) is 19.1 Å². The van der Waals surface area contributed by atoms with Gasteiger partial charge in [-0.3, -0.25) is 0 Å². The SMILES string of the molecule is C=C(NC(=O)N(C(CCC)CCC)C1CCCCC1)S/C(=C\C)Sc1ncc(C(=O)OCC)n1C. The van der Waals surface area contributed by atoms with Crippen LogP contribution in [-0.2, 0) is 11.8 Å². The van der Waals surface area contributed by atoms with Crippen LogP contribution in [0.2, 0.25) is 0 Å². The maximum Gasteiger partial charge on any atom is 0.356 e. The molecule has 2 amide bonds. The van der Waals surface area contributed by atoms with Gasteiger partial charge in [-0.1, -0.05) is 70.4 Å². The molecule has 9 heteroatoms. The fourth-order valence-electron chi connectivity index (χ4n) is 4.52. The summed E-state index contributed by atoms with van der Waals surface area (Å²) in [6.45, 7) is 12.5. The van der Waals surface area contributed by atoms with Gasteiger partial charge >= 0.3 is 12.0 Å². The number of thioether (sulfide) groups is 2. The summed E-state index contributed by atoms with van der Waals surface area (Å²) < 4.78 is 7.73. The molecule has 1 heterocycles. The molecular formula is C26H42N4O3S2. The number of urea groups is 1. The molecule has 7 nitrogen and oxygen atoms in total. The lowest BCUT2D eigenvalue weighted by Gasteiger charge is -2.40. The minimum absolute atomic E-state index is 0.0386. The number of imidazole rings is 1. The zero-order valence-corrected chi connectivity index (χ0v) is 23.6. The maximum absolute atomic E-state index is 13.5. The van der Waals surface area contributed by atoms with Gasteiger partial charge in [0.15, 0.2) is 5.16 Å². The van der Waals surface area contributed by atoms with E-state index >= 15 is 0 Å². The molecule has 0 spiro atoms. The number of carbonyl (C=O) groups excluding carboxylic acids is 2. The highest BCUT2D eigenvalue weighted by atomic mass is 32.2. The minimum Gasteiger partial charge on any atom is -0.461 e. The molecule has 1 fully saturated rings. The van der Waals surface area contributed by atoms with Crippen molar-refractivity contribution in [1.29, 1.82) is 0 Å². The monoisotopic (exact) mass is 522 g/mol. The molecule has 0 atom stereocenters. The van der Waals surface area contributed by atoms with Crippen LogP contribution in [-0.4, -0.2) is 45.1 Å². The van der Waals surface area contributed by atoms with E-state index in [-0.39, 0.29) is 12.1 Å². The molecule has 1 saturated carbocycles. The fraction of sp³-hybridized carbons (Fsp3) is 0.654. The Kier molecular flexibility index (Phi) is 12.8. The van der Waals surface area contributed by atoms with E-state index in [2.05, 4.69) is 35.6 Å². The van der Waals surface area contributed by atoms with Crippen molar-refractivity contribution in [3.8, 4) is 0 Å². The van der Waals surface area contributed by atoms with Crippen LogP contribution in [0, 0.1) is 0 Å². The van der Waals surface area contributed by atoms with Crippen LogP contribution in [0.4, 0.5) is 4.79 Å². The molecule has 0 saturated heterocycles. The van der Waals surface area contributed by atoms with Crippen molar-refractivity contribution in [3.05, 3.63) is 33.8 Å². The lowest BCUT2D eigenvalue weighted by atomic mass is 9.92. The third-order valence-electron chi connectivity index (χ3n) is 6.17. The van der Waals surface area contributed by atoms with Crippen LogP contribution >= 0.6 is 23.5 Å². The van der Waals surface area contributed by atoms with Crippen molar-refractivity contribution < 1.29 is 14.3 Å². The molecule has 0 aliphatic heterocycles. The molecule has 0 radical (unpaired) electrons. The van der Waals surface area contributed by atoms with Crippen molar-refractivity contribution in [1.82, 2.24) is 19.8 Å². The zero-order valence-electron chi connectivity index (χ0n) is 22.0. The Bertz CT molecular complexity index is 872. The summed E-state index contributed by atoms with van der Waals surface area (Å²) >= 11 is 2.84. The second-order valence-corrected chi connectivity index (χ2v) is 11.2. The Hall–Kier alpha value is -1.87. The van der Waals surface area contributed by atoms with Gasteiger partial charge in [0.1, 0.15) is 5.69 Å². The molecular weight excluding hydrogens is 480 g/mol. The molecule has 35 heavy (non-hydrogen) atoms. The van der Waals surface area contributed by atoms with E-state index in [9.17, 15) is 9.59 Å². The summed E-state index contributed by atoms with van der Waals surface area (Å²) in [4.78, 5) is 32.1. The summed E-state index contributed by atoms with van der Waals surface area (Å²) in [5.41, 5.74) is 0.406. The average molecular weight is 523 g/mol. The second-order valence-electron chi connectivity index (χ2n) is 8.80. The Labute approximate surface area is 219 Å². The lowest BCUT2D eigenvalue weighted by Crippen LogP contribution is -2.51. The number of rotatable bonds is 13. The average Bonchev–Trinajstić information content (AvgIpc) is 3.19. The van der Waals surface area contributed by atoms with E-state index in [0.29, 0.717) is 28.5 Å². The number of nitrogens with zero attached hydrogens (tertiary/aromatic N) is 3. The van der Waals surface area contributed by atoms with Crippen molar-refractivity contribution in [3.63, 3.8) is 0 Å². The highest BCUT2D eigenvalue weighted by Gasteiger charge is 2.31. The van der Waals surface area contributed by atoms with E-state index < -0.39 is 5.97 Å². The molecule has 1 aliphatic carbocycles. The summed E-state index contributed by atoms with van der Waals surface area (Å²) in [6.07, 6.45) is 13.4. The summed E-state index contributed by atoms with van der Waals surface area (Å²) in [5.74, 6) is -0.391. The number of amides is 2. The number of nitrogens with one attached hydrogen (secondary N) is 1. The first-order valence-corrected chi connectivity index (χ1v) is 14.5. The number of hydrogen-bond donors (Lipinski definition) is 1. The number of esters is 1. The number of ether oxygens (including phenoxy) is 1. The van der Waals surface area contributed by atoms with Crippen molar-refractivity contribution in [2.45, 2.75) is 103 Å². The highest BCUT2D eigenvalue weighted by Crippen LogP contribution is 2.37. The van der Waals surface area contributed by atoms with Crippen molar-refractivity contribution >= 4 is 35.5 Å². The van der Waals surface area contributed by atoms with Gasteiger partial charge in [-0.2, -0.15) is 0 Å². The third-order valence-corrected chi connectivity index (χ3v) is 8.45. The summed E-state index contributed by atoms with van der Waals surface area (Å²) in [5, 5.41) is 4.34. The molecule has 0 bridgehead atoms. The first-order chi connectivity index (χ1) is 16.9. The molecule has 2 rings (SSSR count). The van der Waals surface area contributed by atoms with E-state index in [1.807, 2.05) is 13.0 Å². The Morgan fingerprint density at radius 3 is 2.49 bits per heavy atom.